The number of carbonyl (C=O) groups is 2. The van der Waals surface area contributed by atoms with Crippen LogP contribution in [0.3, 0.4) is 0 Å². The molecule has 4 unspecified atom stereocenters. The third-order valence-corrected chi connectivity index (χ3v) is 3.27. The number of hydrogen-bond donors (Lipinski definition) is 1. The molecule has 0 aliphatic rings. The molecule has 0 aromatic heterocycles. The van der Waals surface area contributed by atoms with E-state index in [0.717, 1.165) is 6.42 Å². The van der Waals surface area contributed by atoms with E-state index in [0.29, 0.717) is 12.8 Å². The maximum atomic E-state index is 12.0. The molecule has 0 bridgehead atoms. The van der Waals surface area contributed by atoms with Crippen LogP contribution in [0.1, 0.15) is 60.8 Å². The van der Waals surface area contributed by atoms with Gasteiger partial charge < -0.3 is 14.6 Å². The summed E-state index contributed by atoms with van der Waals surface area (Å²) >= 11 is 0. The lowest BCUT2D eigenvalue weighted by atomic mass is 9.92. The Balaban J connectivity index is 4.48. The summed E-state index contributed by atoms with van der Waals surface area (Å²) in [4.78, 5) is 23.8. The van der Waals surface area contributed by atoms with Crippen LogP contribution >= 0.6 is 0 Å². The molecule has 0 saturated heterocycles. The summed E-state index contributed by atoms with van der Waals surface area (Å²) in [6.45, 7) is 10.2. The molecule has 0 aromatic rings. The summed E-state index contributed by atoms with van der Waals surface area (Å²) in [6, 6.07) is 0. The van der Waals surface area contributed by atoms with Gasteiger partial charge in [0.1, 0.15) is 5.60 Å². The number of Topliss-reactive ketones (excluding diaryl/α,β-unsaturated/α-hetero) is 1. The van der Waals surface area contributed by atoms with Crippen molar-refractivity contribution in [3.63, 3.8) is 0 Å². The topological polar surface area (TPSA) is 72.8 Å². The van der Waals surface area contributed by atoms with Crippen molar-refractivity contribution in [3.05, 3.63) is 0 Å². The molecule has 5 heteroatoms. The zero-order valence-corrected chi connectivity index (χ0v) is 13.4. The fourth-order valence-electron chi connectivity index (χ4n) is 1.87. The van der Waals surface area contributed by atoms with E-state index in [1.54, 1.807) is 6.92 Å². The van der Waals surface area contributed by atoms with Crippen molar-refractivity contribution < 1.29 is 24.2 Å². The van der Waals surface area contributed by atoms with Gasteiger partial charge in [0.25, 0.3) is 0 Å². The second-order valence-corrected chi connectivity index (χ2v) is 5.46. The monoisotopic (exact) mass is 288 g/mol. The lowest BCUT2D eigenvalue weighted by molar-refractivity contribution is -0.171. The third kappa shape index (κ3) is 6.01. The Kier molecular flexibility index (Phi) is 7.98. The predicted octanol–water partition coefficient (Wildman–Crippen LogP) is 2.24. The van der Waals surface area contributed by atoms with Crippen LogP contribution in [-0.4, -0.2) is 40.8 Å². The van der Waals surface area contributed by atoms with Crippen molar-refractivity contribution in [2.24, 2.45) is 0 Å². The Labute approximate surface area is 121 Å². The second kappa shape index (κ2) is 8.37. The molecule has 20 heavy (non-hydrogen) atoms. The van der Waals surface area contributed by atoms with Crippen molar-refractivity contribution in [2.45, 2.75) is 84.7 Å². The average molecular weight is 288 g/mol. The number of rotatable bonds is 9. The van der Waals surface area contributed by atoms with Crippen molar-refractivity contribution in [2.75, 3.05) is 0 Å². The Morgan fingerprint density at radius 1 is 1.15 bits per heavy atom. The van der Waals surface area contributed by atoms with Crippen molar-refractivity contribution >= 4 is 11.8 Å². The summed E-state index contributed by atoms with van der Waals surface area (Å²) in [7, 11) is 0. The van der Waals surface area contributed by atoms with Gasteiger partial charge in [-0.2, -0.15) is 0 Å². The minimum atomic E-state index is -1.46. The highest BCUT2D eigenvalue weighted by Gasteiger charge is 2.35. The van der Waals surface area contributed by atoms with E-state index in [2.05, 4.69) is 0 Å². The van der Waals surface area contributed by atoms with Crippen LogP contribution in [0.4, 0.5) is 0 Å². The van der Waals surface area contributed by atoms with Gasteiger partial charge in [-0.1, -0.05) is 20.3 Å². The van der Waals surface area contributed by atoms with Gasteiger partial charge in [0.2, 0.25) is 5.78 Å². The molecule has 0 amide bonds. The van der Waals surface area contributed by atoms with Crippen LogP contribution in [-0.2, 0) is 19.1 Å². The lowest BCUT2D eigenvalue weighted by Gasteiger charge is -2.25. The quantitative estimate of drug-likeness (QED) is 0.659. The van der Waals surface area contributed by atoms with Gasteiger partial charge in [-0.25, -0.2) is 4.79 Å². The van der Waals surface area contributed by atoms with Crippen LogP contribution in [0.15, 0.2) is 0 Å². The molecule has 0 aliphatic heterocycles. The smallest absolute Gasteiger partial charge is 0.335 e. The van der Waals surface area contributed by atoms with Gasteiger partial charge in [-0.15, -0.1) is 0 Å². The first-order chi connectivity index (χ1) is 9.15. The van der Waals surface area contributed by atoms with Gasteiger partial charge in [0, 0.05) is 0 Å². The molecule has 0 aliphatic carbocycles. The van der Waals surface area contributed by atoms with E-state index in [1.165, 1.54) is 13.8 Å². The van der Waals surface area contributed by atoms with E-state index < -0.39 is 29.6 Å². The Hall–Kier alpha value is -0.940. The highest BCUT2D eigenvalue weighted by atomic mass is 16.6. The van der Waals surface area contributed by atoms with Gasteiger partial charge in [0.15, 0.2) is 12.2 Å². The van der Waals surface area contributed by atoms with Crippen LogP contribution in [0, 0.1) is 0 Å². The Morgan fingerprint density at radius 3 is 2.15 bits per heavy atom. The standard InChI is InChI=1S/C15H28O5/c1-7-9-15(6,18)13(16)11(4)20-14(17)12(5)19-10(3)8-2/h10-12,18H,7-9H2,1-6H3. The normalized spacial score (nSPS) is 18.8. The third-order valence-electron chi connectivity index (χ3n) is 3.27. The molecule has 0 rings (SSSR count). The number of carbonyl (C=O) groups excluding carboxylic acids is 2. The molecule has 1 N–H and O–H groups in total. The maximum Gasteiger partial charge on any atom is 0.335 e. The van der Waals surface area contributed by atoms with Crippen molar-refractivity contribution in [1.29, 1.82) is 0 Å². The first-order valence-corrected chi connectivity index (χ1v) is 7.28. The molecule has 0 heterocycles. The number of ketones is 1. The summed E-state index contributed by atoms with van der Waals surface area (Å²) in [5.41, 5.74) is -1.46. The fraction of sp³-hybridized carbons (Fsp3) is 0.867. The number of hydrogen-bond acceptors (Lipinski definition) is 5. The maximum absolute atomic E-state index is 12.0. The molecule has 0 radical (unpaired) electrons. The predicted molar refractivity (Wildman–Crippen MR) is 76.4 cm³/mol. The minimum absolute atomic E-state index is 0.0493. The molecule has 0 saturated carbocycles. The molecule has 0 spiro atoms. The van der Waals surface area contributed by atoms with Crippen LogP contribution in [0.5, 0.6) is 0 Å². The van der Waals surface area contributed by atoms with Crippen molar-refractivity contribution in [1.82, 2.24) is 0 Å². The highest BCUT2D eigenvalue weighted by Crippen LogP contribution is 2.17. The van der Waals surface area contributed by atoms with Crippen LogP contribution in [0.25, 0.3) is 0 Å². The van der Waals surface area contributed by atoms with E-state index in [-0.39, 0.29) is 6.10 Å². The van der Waals surface area contributed by atoms with Gasteiger partial charge >= 0.3 is 5.97 Å². The summed E-state index contributed by atoms with van der Waals surface area (Å²) in [6.07, 6.45) is 0.0480. The van der Waals surface area contributed by atoms with Crippen LogP contribution < -0.4 is 0 Å². The highest BCUT2D eigenvalue weighted by molar-refractivity contribution is 5.92. The largest absolute Gasteiger partial charge is 0.453 e. The van der Waals surface area contributed by atoms with Gasteiger partial charge in [-0.3, -0.25) is 4.79 Å². The van der Waals surface area contributed by atoms with E-state index >= 15 is 0 Å². The molecular weight excluding hydrogens is 260 g/mol. The first kappa shape index (κ1) is 19.1. The molecule has 4 atom stereocenters. The Bertz CT molecular complexity index is 324. The number of ether oxygens (including phenoxy) is 2. The molecule has 118 valence electrons. The summed E-state index contributed by atoms with van der Waals surface area (Å²) in [5.74, 6) is -1.07. The fourth-order valence-corrected chi connectivity index (χ4v) is 1.87. The van der Waals surface area contributed by atoms with Crippen molar-refractivity contribution in [3.8, 4) is 0 Å². The average Bonchev–Trinajstić information content (AvgIpc) is 2.37. The van der Waals surface area contributed by atoms with E-state index in [9.17, 15) is 14.7 Å². The first-order valence-electron chi connectivity index (χ1n) is 7.28. The van der Waals surface area contributed by atoms with Crippen LogP contribution in [0.2, 0.25) is 0 Å². The minimum Gasteiger partial charge on any atom is -0.453 e. The molecular formula is C15H28O5. The zero-order valence-electron chi connectivity index (χ0n) is 13.4. The number of aliphatic hydroxyl groups is 1. The zero-order chi connectivity index (χ0) is 15.9. The van der Waals surface area contributed by atoms with E-state index in [1.807, 2.05) is 20.8 Å². The SMILES string of the molecule is CCCC(C)(O)C(=O)C(C)OC(=O)C(C)OC(C)CC. The Morgan fingerprint density at radius 2 is 1.70 bits per heavy atom. The molecule has 5 nitrogen and oxygen atoms in total. The summed E-state index contributed by atoms with van der Waals surface area (Å²) < 4.78 is 10.5. The second-order valence-electron chi connectivity index (χ2n) is 5.46. The lowest BCUT2D eigenvalue weighted by Crippen LogP contribution is -2.44. The number of esters is 1. The molecule has 0 fully saturated rings. The molecule has 0 aromatic carbocycles. The van der Waals surface area contributed by atoms with Gasteiger partial charge in [-0.05, 0) is 40.5 Å². The summed E-state index contributed by atoms with van der Waals surface area (Å²) in [5, 5.41) is 10.0. The van der Waals surface area contributed by atoms with Gasteiger partial charge in [0.05, 0.1) is 6.10 Å². The van der Waals surface area contributed by atoms with E-state index in [4.69, 9.17) is 9.47 Å².